The van der Waals surface area contributed by atoms with Crippen LogP contribution in [-0.4, -0.2) is 33.3 Å². The number of benzene rings is 2. The molecule has 0 spiro atoms. The minimum absolute atomic E-state index is 0.122. The zero-order valence-corrected chi connectivity index (χ0v) is 17.9. The van der Waals surface area contributed by atoms with Gasteiger partial charge in [0.25, 0.3) is 0 Å². The van der Waals surface area contributed by atoms with Gasteiger partial charge in [-0.25, -0.2) is 4.39 Å². The molecule has 6 rings (SSSR count). The van der Waals surface area contributed by atoms with Gasteiger partial charge in [0.2, 0.25) is 5.91 Å². The Balaban J connectivity index is 1.16. The molecule has 8 heteroatoms. The van der Waals surface area contributed by atoms with Crippen molar-refractivity contribution in [3.05, 3.63) is 54.0 Å². The van der Waals surface area contributed by atoms with Crippen LogP contribution in [0.5, 0.6) is 0 Å². The third-order valence-electron chi connectivity index (χ3n) is 7.35. The average molecular weight is 450 g/mol. The molecule has 6 atom stereocenters. The lowest BCUT2D eigenvalue weighted by atomic mass is 9.96. The van der Waals surface area contributed by atoms with Crippen molar-refractivity contribution in [3.8, 4) is 17.2 Å². The number of hydrogen-bond acceptors (Lipinski definition) is 4. The molecule has 0 unspecified atom stereocenters. The van der Waals surface area contributed by atoms with Crippen LogP contribution >= 0.6 is 11.8 Å². The first-order valence-electron chi connectivity index (χ1n) is 10.9. The Bertz CT molecular complexity index is 1280. The lowest BCUT2D eigenvalue weighted by Gasteiger charge is -2.23. The number of nitrogens with one attached hydrogen (secondary N) is 2. The van der Waals surface area contributed by atoms with E-state index in [-0.39, 0.29) is 18.4 Å². The summed E-state index contributed by atoms with van der Waals surface area (Å²) in [5.74, 6) is 1.25. The second-order valence-corrected chi connectivity index (χ2v) is 9.55. The molecular formula is C24H21ClFN5O. The fourth-order valence-corrected chi connectivity index (χ4v) is 5.89. The van der Waals surface area contributed by atoms with Gasteiger partial charge in [-0.15, -0.1) is 0 Å². The molecule has 3 aromatic rings. The number of amides is 1. The van der Waals surface area contributed by atoms with E-state index in [0.717, 1.165) is 28.8 Å². The highest BCUT2D eigenvalue weighted by atomic mass is 35.5. The summed E-state index contributed by atoms with van der Waals surface area (Å²) in [6.07, 6.45) is 4.09. The quantitative estimate of drug-likeness (QED) is 0.625. The van der Waals surface area contributed by atoms with E-state index in [1.807, 2.05) is 24.3 Å². The first-order valence-corrected chi connectivity index (χ1v) is 11.2. The Morgan fingerprint density at radius 1 is 1.25 bits per heavy atom. The van der Waals surface area contributed by atoms with Crippen LogP contribution in [0.3, 0.4) is 0 Å². The van der Waals surface area contributed by atoms with Gasteiger partial charge in [0.1, 0.15) is 11.9 Å². The maximum Gasteiger partial charge on any atom is 0.238 e. The number of nitrogens with zero attached hydrogens (tertiary/aromatic N) is 3. The fraction of sp³-hybridized carbons (Fsp3) is 0.375. The third kappa shape index (κ3) is 3.26. The average Bonchev–Trinajstić information content (AvgIpc) is 3.17. The number of carbonyl (C=O) groups excluding carboxylic acids is 1. The van der Waals surface area contributed by atoms with Crippen LogP contribution in [0.25, 0.3) is 22.0 Å². The summed E-state index contributed by atoms with van der Waals surface area (Å²) >= 11 is 5.88. The van der Waals surface area contributed by atoms with Crippen molar-refractivity contribution in [2.75, 3.05) is 0 Å². The molecule has 0 radical (unpaired) electrons. The molecule has 2 saturated carbocycles. The highest BCUT2D eigenvalue weighted by Gasteiger charge is 2.62. The van der Waals surface area contributed by atoms with Crippen molar-refractivity contribution in [3.63, 3.8) is 0 Å². The van der Waals surface area contributed by atoms with Crippen LogP contribution in [-0.2, 0) is 11.2 Å². The Hall–Kier alpha value is -2.95. The second-order valence-electron chi connectivity index (χ2n) is 9.21. The first kappa shape index (κ1) is 19.7. The molecule has 1 aromatic heterocycles. The van der Waals surface area contributed by atoms with Crippen LogP contribution in [0.15, 0.2) is 42.6 Å². The number of hydrogen-bond donors (Lipinski definition) is 2. The third-order valence-corrected chi connectivity index (χ3v) is 7.52. The van der Waals surface area contributed by atoms with E-state index in [0.29, 0.717) is 29.0 Å². The van der Waals surface area contributed by atoms with Gasteiger partial charge in [0, 0.05) is 29.6 Å². The molecule has 1 saturated heterocycles. The topological polar surface area (TPSA) is 82.7 Å². The van der Waals surface area contributed by atoms with Crippen LogP contribution in [0.2, 0.25) is 0 Å². The predicted octanol–water partition coefficient (Wildman–Crippen LogP) is 3.39. The van der Waals surface area contributed by atoms with Gasteiger partial charge < -0.3 is 10.6 Å². The van der Waals surface area contributed by atoms with E-state index in [1.165, 1.54) is 16.7 Å². The zero-order chi connectivity index (χ0) is 22.0. The minimum atomic E-state index is -0.775. The molecule has 162 valence electrons. The molecule has 1 aliphatic heterocycles. The molecular weight excluding hydrogens is 429 g/mol. The fourth-order valence-electron chi connectivity index (χ4n) is 5.70. The van der Waals surface area contributed by atoms with E-state index in [4.69, 9.17) is 11.8 Å². The van der Waals surface area contributed by atoms with Gasteiger partial charge in [-0.05, 0) is 59.4 Å². The Morgan fingerprint density at radius 3 is 2.81 bits per heavy atom. The normalized spacial score (nSPS) is 28.3. The monoisotopic (exact) mass is 449 g/mol. The SMILES string of the molecule is N#C[C@H](Cc1ccc(-c2ccc3cn(Cl)nc3c2)cc1F)NC(=O)[C@H]1N[C@H]2C[C@@H]1[C@@H]1C[C@@H]12. The van der Waals surface area contributed by atoms with Crippen molar-refractivity contribution in [2.24, 2.45) is 17.8 Å². The summed E-state index contributed by atoms with van der Waals surface area (Å²) in [5.41, 5.74) is 2.65. The van der Waals surface area contributed by atoms with Crippen molar-refractivity contribution in [1.82, 2.24) is 19.9 Å². The number of nitriles is 1. The van der Waals surface area contributed by atoms with E-state index in [1.54, 1.807) is 12.3 Å². The van der Waals surface area contributed by atoms with Gasteiger partial charge in [-0.3, -0.25) is 4.79 Å². The van der Waals surface area contributed by atoms with Crippen molar-refractivity contribution < 1.29 is 9.18 Å². The van der Waals surface area contributed by atoms with E-state index < -0.39 is 11.9 Å². The maximum absolute atomic E-state index is 14.9. The van der Waals surface area contributed by atoms with Gasteiger partial charge in [-0.1, -0.05) is 24.3 Å². The Labute approximate surface area is 189 Å². The van der Waals surface area contributed by atoms with Crippen LogP contribution in [0, 0.1) is 34.9 Å². The number of fused-ring (bicyclic) bond motifs is 6. The number of piperidine rings is 1. The van der Waals surface area contributed by atoms with Crippen LogP contribution in [0.1, 0.15) is 18.4 Å². The van der Waals surface area contributed by atoms with Crippen LogP contribution < -0.4 is 10.6 Å². The molecule has 2 N–H and O–H groups in total. The van der Waals surface area contributed by atoms with Gasteiger partial charge in [0.05, 0.1) is 23.8 Å². The van der Waals surface area contributed by atoms with E-state index in [2.05, 4.69) is 21.8 Å². The van der Waals surface area contributed by atoms with Crippen molar-refractivity contribution in [1.29, 1.82) is 5.26 Å². The molecule has 32 heavy (non-hydrogen) atoms. The summed E-state index contributed by atoms with van der Waals surface area (Å²) < 4.78 is 16.1. The van der Waals surface area contributed by atoms with Gasteiger partial charge in [0.15, 0.2) is 0 Å². The Morgan fingerprint density at radius 2 is 2.06 bits per heavy atom. The molecule has 3 aliphatic rings. The van der Waals surface area contributed by atoms with Crippen molar-refractivity contribution >= 4 is 28.6 Å². The Kier molecular flexibility index (Phi) is 4.49. The molecule has 1 amide bonds. The highest BCUT2D eigenvalue weighted by molar-refractivity contribution is 6.15. The number of rotatable bonds is 5. The maximum atomic E-state index is 14.9. The molecule has 6 nitrogen and oxygen atoms in total. The summed E-state index contributed by atoms with van der Waals surface area (Å²) in [7, 11) is 0. The molecule has 2 bridgehead atoms. The summed E-state index contributed by atoms with van der Waals surface area (Å²) in [5, 5.41) is 20.9. The number of halogens is 2. The predicted molar refractivity (Wildman–Crippen MR) is 118 cm³/mol. The lowest BCUT2D eigenvalue weighted by Crippen LogP contribution is -2.51. The summed E-state index contributed by atoms with van der Waals surface area (Å²) in [6, 6.07) is 12.1. The van der Waals surface area contributed by atoms with E-state index >= 15 is 0 Å². The highest BCUT2D eigenvalue weighted by Crippen LogP contribution is 2.59. The number of carbonyl (C=O) groups is 1. The van der Waals surface area contributed by atoms with E-state index in [9.17, 15) is 14.4 Å². The summed E-state index contributed by atoms with van der Waals surface area (Å²) in [4.78, 5) is 12.8. The largest absolute Gasteiger partial charge is 0.339 e. The second kappa shape index (κ2) is 7.29. The molecule has 2 aliphatic carbocycles. The smallest absolute Gasteiger partial charge is 0.238 e. The van der Waals surface area contributed by atoms with Gasteiger partial charge >= 0.3 is 0 Å². The minimum Gasteiger partial charge on any atom is -0.339 e. The van der Waals surface area contributed by atoms with Crippen LogP contribution in [0.4, 0.5) is 4.39 Å². The van der Waals surface area contributed by atoms with Gasteiger partial charge in [-0.2, -0.15) is 14.6 Å². The zero-order valence-electron chi connectivity index (χ0n) is 17.1. The lowest BCUT2D eigenvalue weighted by molar-refractivity contribution is -0.124. The number of aromatic nitrogens is 2. The molecule has 2 aromatic carbocycles. The van der Waals surface area contributed by atoms with Crippen molar-refractivity contribution in [2.45, 2.75) is 37.4 Å². The summed E-state index contributed by atoms with van der Waals surface area (Å²) in [6.45, 7) is 0. The molecule has 2 heterocycles. The first-order chi connectivity index (χ1) is 15.5. The standard InChI is InChI=1S/C24H21ClFN5O/c25-31-11-15-4-2-13(7-21(15)30-31)12-1-3-14(20(26)6-12)5-16(10-27)28-24(32)23-19-9-22(29-23)18-8-17(18)19/h1-4,6-7,11,16-19,22-23,29H,5,8-9H2,(H,28,32)/t16-,17+,18-,19+,22-,23-/m0/s1. The molecule has 3 fully saturated rings.